The van der Waals surface area contributed by atoms with Crippen molar-refractivity contribution >= 4 is 0 Å². The molecular formula is C20H26N2+2. The molecule has 114 valence electrons. The molecule has 0 saturated carbocycles. The molecule has 0 amide bonds. The van der Waals surface area contributed by atoms with Gasteiger partial charge in [0.15, 0.2) is 0 Å². The van der Waals surface area contributed by atoms with Gasteiger partial charge in [-0.05, 0) is 41.7 Å². The lowest BCUT2D eigenvalue weighted by Gasteiger charge is -2.29. The van der Waals surface area contributed by atoms with Crippen LogP contribution in [0.25, 0.3) is 11.1 Å². The van der Waals surface area contributed by atoms with Crippen molar-refractivity contribution in [3.8, 4) is 11.1 Å². The SMILES string of the molecule is CC[NH+]1CC[NH+](Cc2ccc3c(c2)Cc2ccccc2-3)CC1. The Bertz CT molecular complexity index is 669. The van der Waals surface area contributed by atoms with Crippen LogP contribution in [0.15, 0.2) is 42.5 Å². The molecule has 0 radical (unpaired) electrons. The maximum atomic E-state index is 2.46. The summed E-state index contributed by atoms with van der Waals surface area (Å²) in [7, 11) is 0. The summed E-state index contributed by atoms with van der Waals surface area (Å²) in [5.41, 5.74) is 7.42. The molecule has 2 heteroatoms. The van der Waals surface area contributed by atoms with Crippen LogP contribution in [0.4, 0.5) is 0 Å². The first-order chi connectivity index (χ1) is 10.8. The third-order valence-corrected chi connectivity index (χ3v) is 5.48. The molecule has 2 nitrogen and oxygen atoms in total. The van der Waals surface area contributed by atoms with Crippen LogP contribution in [-0.4, -0.2) is 32.7 Å². The molecule has 0 aromatic heterocycles. The minimum atomic E-state index is 1.11. The van der Waals surface area contributed by atoms with Crippen LogP contribution in [0, 0.1) is 0 Å². The molecule has 22 heavy (non-hydrogen) atoms. The minimum Gasteiger partial charge on any atom is -0.326 e. The predicted molar refractivity (Wildman–Crippen MR) is 90.3 cm³/mol. The molecule has 0 atom stereocenters. The van der Waals surface area contributed by atoms with Gasteiger partial charge in [-0.3, -0.25) is 0 Å². The first-order valence-corrected chi connectivity index (χ1v) is 8.70. The highest BCUT2D eigenvalue weighted by molar-refractivity contribution is 5.76. The van der Waals surface area contributed by atoms with Gasteiger partial charge >= 0.3 is 0 Å². The van der Waals surface area contributed by atoms with E-state index in [0.29, 0.717) is 0 Å². The second kappa shape index (κ2) is 5.86. The lowest BCUT2D eigenvalue weighted by atomic mass is 10.0. The molecule has 2 aromatic carbocycles. The van der Waals surface area contributed by atoms with Crippen LogP contribution < -0.4 is 9.80 Å². The van der Waals surface area contributed by atoms with Gasteiger partial charge in [0.05, 0.1) is 6.54 Å². The Labute approximate surface area is 133 Å². The van der Waals surface area contributed by atoms with E-state index in [-0.39, 0.29) is 0 Å². The molecule has 1 heterocycles. The van der Waals surface area contributed by atoms with Crippen molar-refractivity contribution in [2.24, 2.45) is 0 Å². The van der Waals surface area contributed by atoms with Gasteiger partial charge in [-0.1, -0.05) is 36.4 Å². The molecule has 0 unspecified atom stereocenters. The molecule has 2 aliphatic rings. The van der Waals surface area contributed by atoms with E-state index >= 15 is 0 Å². The number of quaternary nitrogens is 2. The Morgan fingerprint density at radius 3 is 2.36 bits per heavy atom. The third kappa shape index (κ3) is 2.57. The summed E-state index contributed by atoms with van der Waals surface area (Å²) in [6.07, 6.45) is 1.11. The molecule has 1 aliphatic heterocycles. The van der Waals surface area contributed by atoms with Crippen LogP contribution in [0.1, 0.15) is 23.6 Å². The Hall–Kier alpha value is -1.64. The maximum absolute atomic E-state index is 2.46. The summed E-state index contributed by atoms with van der Waals surface area (Å²) in [6, 6.07) is 16.0. The quantitative estimate of drug-likeness (QED) is 0.698. The fraction of sp³-hybridized carbons (Fsp3) is 0.400. The van der Waals surface area contributed by atoms with Gasteiger partial charge in [-0.15, -0.1) is 0 Å². The zero-order valence-corrected chi connectivity index (χ0v) is 13.5. The Morgan fingerprint density at radius 2 is 1.55 bits per heavy atom. The van der Waals surface area contributed by atoms with E-state index in [1.165, 1.54) is 67.1 Å². The lowest BCUT2D eigenvalue weighted by Crippen LogP contribution is -3.27. The molecule has 2 aromatic rings. The summed E-state index contributed by atoms with van der Waals surface area (Å²) in [5, 5.41) is 0. The van der Waals surface area contributed by atoms with E-state index in [9.17, 15) is 0 Å². The zero-order valence-electron chi connectivity index (χ0n) is 13.5. The topological polar surface area (TPSA) is 8.88 Å². The molecule has 2 N–H and O–H groups in total. The van der Waals surface area contributed by atoms with Gasteiger partial charge in [-0.25, -0.2) is 0 Å². The first-order valence-electron chi connectivity index (χ1n) is 8.70. The van der Waals surface area contributed by atoms with Gasteiger partial charge < -0.3 is 9.80 Å². The van der Waals surface area contributed by atoms with Crippen molar-refractivity contribution in [3.05, 3.63) is 59.2 Å². The van der Waals surface area contributed by atoms with Crippen molar-refractivity contribution in [2.45, 2.75) is 19.9 Å². The number of likely N-dealkylation sites (N-methyl/N-ethyl adjacent to an activating group) is 1. The summed E-state index contributed by atoms with van der Waals surface area (Å²) in [4.78, 5) is 3.53. The minimum absolute atomic E-state index is 1.11. The summed E-state index contributed by atoms with van der Waals surface area (Å²) in [5.74, 6) is 0. The lowest BCUT2D eigenvalue weighted by molar-refractivity contribution is -1.02. The first kappa shape index (κ1) is 14.0. The van der Waals surface area contributed by atoms with E-state index < -0.39 is 0 Å². The number of nitrogens with one attached hydrogen (secondary N) is 2. The monoisotopic (exact) mass is 294 g/mol. The molecule has 1 fully saturated rings. The average Bonchev–Trinajstić information content (AvgIpc) is 2.93. The Balaban J connectivity index is 1.48. The highest BCUT2D eigenvalue weighted by Crippen LogP contribution is 2.36. The van der Waals surface area contributed by atoms with E-state index in [4.69, 9.17) is 0 Å². The van der Waals surface area contributed by atoms with E-state index in [2.05, 4.69) is 49.4 Å². The number of hydrogen-bond donors (Lipinski definition) is 2. The van der Waals surface area contributed by atoms with Gasteiger partial charge in [-0.2, -0.15) is 0 Å². The van der Waals surface area contributed by atoms with Crippen LogP contribution in [0.5, 0.6) is 0 Å². The molecule has 0 bridgehead atoms. The van der Waals surface area contributed by atoms with Gasteiger partial charge in [0.25, 0.3) is 0 Å². The number of hydrogen-bond acceptors (Lipinski definition) is 0. The van der Waals surface area contributed by atoms with Crippen molar-refractivity contribution in [1.82, 2.24) is 0 Å². The van der Waals surface area contributed by atoms with Crippen LogP contribution in [0.3, 0.4) is 0 Å². The highest BCUT2D eigenvalue weighted by Gasteiger charge is 2.23. The smallest absolute Gasteiger partial charge is 0.127 e. The highest BCUT2D eigenvalue weighted by atomic mass is 15.3. The second-order valence-electron chi connectivity index (χ2n) is 6.86. The van der Waals surface area contributed by atoms with Gasteiger partial charge in [0.1, 0.15) is 32.7 Å². The third-order valence-electron chi connectivity index (χ3n) is 5.48. The summed E-state index contributed by atoms with van der Waals surface area (Å²) < 4.78 is 0. The molecule has 1 saturated heterocycles. The molecular weight excluding hydrogens is 268 g/mol. The molecule has 1 aliphatic carbocycles. The Kier molecular flexibility index (Phi) is 3.73. The number of fused-ring (bicyclic) bond motifs is 3. The van der Waals surface area contributed by atoms with Gasteiger partial charge in [0, 0.05) is 5.56 Å². The van der Waals surface area contributed by atoms with Crippen molar-refractivity contribution in [3.63, 3.8) is 0 Å². The number of piperazine rings is 1. The normalized spacial score (nSPS) is 23.1. The maximum Gasteiger partial charge on any atom is 0.127 e. The largest absolute Gasteiger partial charge is 0.326 e. The van der Waals surface area contributed by atoms with Gasteiger partial charge in [0.2, 0.25) is 0 Å². The van der Waals surface area contributed by atoms with Crippen LogP contribution in [0.2, 0.25) is 0 Å². The van der Waals surface area contributed by atoms with Crippen molar-refractivity contribution < 1.29 is 9.80 Å². The van der Waals surface area contributed by atoms with Crippen molar-refractivity contribution in [1.29, 1.82) is 0 Å². The van der Waals surface area contributed by atoms with Crippen LogP contribution >= 0.6 is 0 Å². The molecule has 4 rings (SSSR count). The average molecular weight is 294 g/mol. The van der Waals surface area contributed by atoms with E-state index in [1.807, 2.05) is 0 Å². The number of benzene rings is 2. The standard InChI is InChI=1S/C20H24N2/c1-2-21-9-11-22(12-10-21)15-16-7-8-20-18(13-16)14-17-5-3-4-6-19(17)20/h3-8,13H,2,9-12,14-15H2,1H3/p+2. The summed E-state index contributed by atoms with van der Waals surface area (Å²) >= 11 is 0. The fourth-order valence-electron chi connectivity index (χ4n) is 4.08. The molecule has 0 spiro atoms. The van der Waals surface area contributed by atoms with Crippen LogP contribution in [-0.2, 0) is 13.0 Å². The number of rotatable bonds is 3. The van der Waals surface area contributed by atoms with E-state index in [1.54, 1.807) is 9.80 Å². The predicted octanol–water partition coefficient (Wildman–Crippen LogP) is 0.561. The Morgan fingerprint density at radius 1 is 0.818 bits per heavy atom. The fourth-order valence-corrected chi connectivity index (χ4v) is 4.08. The second-order valence-corrected chi connectivity index (χ2v) is 6.86. The zero-order chi connectivity index (χ0) is 14.9. The van der Waals surface area contributed by atoms with E-state index in [0.717, 1.165) is 6.42 Å². The van der Waals surface area contributed by atoms with Crippen molar-refractivity contribution in [2.75, 3.05) is 32.7 Å². The summed E-state index contributed by atoms with van der Waals surface area (Å²) in [6.45, 7) is 10.1.